The lowest BCUT2D eigenvalue weighted by Crippen LogP contribution is -2.10. The molecule has 0 saturated heterocycles. The summed E-state index contributed by atoms with van der Waals surface area (Å²) >= 11 is 24.4. The van der Waals surface area contributed by atoms with Gasteiger partial charge in [-0.25, -0.2) is 19.9 Å². The molecule has 25 heteroatoms. The van der Waals surface area contributed by atoms with Crippen LogP contribution >= 0.6 is 46.4 Å². The maximum Gasteiger partial charge on any atom is 0.305 e. The van der Waals surface area contributed by atoms with Crippen LogP contribution in [0.25, 0.3) is 44.5 Å². The maximum atomic E-state index is 11.2. The van der Waals surface area contributed by atoms with Crippen molar-refractivity contribution in [3.05, 3.63) is 236 Å². The molecule has 0 spiro atoms. The van der Waals surface area contributed by atoms with Gasteiger partial charge in [0.2, 0.25) is 23.8 Å². The lowest BCUT2D eigenvalue weighted by Gasteiger charge is -2.13. The lowest BCUT2D eigenvalue weighted by molar-refractivity contribution is -0.140. The van der Waals surface area contributed by atoms with Crippen LogP contribution < -0.4 is 55.3 Å². The van der Waals surface area contributed by atoms with Crippen LogP contribution in [0, 0.1) is 0 Å². The Morgan fingerprint density at radius 1 is 0.350 bits per heavy atom. The number of aryl methyl sites for hydroxylation is 5. The average molecular weight is 1430 g/mol. The molecule has 0 unspecified atom stereocenters. The van der Waals surface area contributed by atoms with E-state index in [9.17, 15) is 4.79 Å². The molecule has 7 aromatic carbocycles. The van der Waals surface area contributed by atoms with Gasteiger partial charge in [0.15, 0.2) is 0 Å². The summed E-state index contributed by atoms with van der Waals surface area (Å²) in [4.78, 5) is 45.0. The van der Waals surface area contributed by atoms with Crippen LogP contribution in [0.5, 0.6) is 11.5 Å². The molecule has 21 nitrogen and oxygen atoms in total. The Morgan fingerprint density at radius 3 is 1.08 bits per heavy atom. The summed E-state index contributed by atoms with van der Waals surface area (Å²) in [6, 6.07) is 57.9. The van der Waals surface area contributed by atoms with Gasteiger partial charge in [-0.05, 0) is 158 Å². The van der Waals surface area contributed by atoms with Crippen LogP contribution in [0.4, 0.5) is 47.1 Å². The van der Waals surface area contributed by atoms with Crippen LogP contribution in [0.15, 0.2) is 182 Å². The van der Waals surface area contributed by atoms with E-state index in [0.717, 1.165) is 112 Å². The third-order valence-corrected chi connectivity index (χ3v) is 16.2. The highest BCUT2D eigenvalue weighted by atomic mass is 35.5. The Hall–Kier alpha value is -10.6. The Bertz CT molecular complexity index is 4450. The van der Waals surface area contributed by atoms with Crippen molar-refractivity contribution in [3.8, 4) is 56.0 Å². The smallest absolute Gasteiger partial charge is 0.305 e. The molecule has 0 atom stereocenters. The standard InChI is InChI=1S/C21H23ClN4O2.C20H21ClN4O.C19H19ClN4.C15H17ClN4O2/c22-16-7-4-6-15(14-16)19-18(25-21(24)26-20(19)23)10-13-27-11-5-12-28-17-8-2-1-3-9-17;1-26-16-10-8-13(9-11-16)4-2-7-17-18(19(22)25-20(23)24-17)14-5-3-6-15(21)12-14;20-15-10-5-9-14(12-15)17-16(23-19(22)24-18(17)21)11-4-8-13-6-2-1-3-7-13;1-22-12(21)7-3-6-11-13(14(17)20-15(18)19-11)9-4-2-5-10(16)8-9/h1-4,6-9,14H,5,10-13H2,(H4,23,24,25,26);3,5-6,8-12H,2,4,7H2,1H3,(H4,22,23,24,25);1-3,5-7,9-10,12H,4,8,11H2,(H4,21,22,23,24);2,4-5,8H,3,6-7H2,1H3,(H4,17,18,19,20). The van der Waals surface area contributed by atoms with Crippen molar-refractivity contribution in [1.82, 2.24) is 39.9 Å². The fraction of sp³-hybridized carbons (Fsp3) is 0.213. The van der Waals surface area contributed by atoms with Gasteiger partial charge < -0.3 is 64.8 Å². The van der Waals surface area contributed by atoms with Gasteiger partial charge in [-0.3, -0.25) is 4.79 Å². The molecule has 0 aliphatic carbocycles. The lowest BCUT2D eigenvalue weighted by atomic mass is 9.99. The minimum absolute atomic E-state index is 0.108. The zero-order valence-corrected chi connectivity index (χ0v) is 58.5. The maximum absolute atomic E-state index is 11.2. The van der Waals surface area contributed by atoms with Crippen molar-refractivity contribution in [2.45, 2.75) is 70.6 Å². The zero-order valence-electron chi connectivity index (χ0n) is 55.5. The number of nitrogens with two attached hydrogens (primary N) is 8. The number of carbonyl (C=O) groups excluding carboxylic acids is 1. The molecule has 0 radical (unpaired) electrons. The molecule has 0 aliphatic heterocycles. The summed E-state index contributed by atoms with van der Waals surface area (Å²) < 4.78 is 21.2. The number of anilines is 8. The van der Waals surface area contributed by atoms with E-state index in [1.807, 2.05) is 140 Å². The Labute approximate surface area is 602 Å². The summed E-state index contributed by atoms with van der Waals surface area (Å²) in [5.41, 5.74) is 59.6. The highest BCUT2D eigenvalue weighted by Crippen LogP contribution is 2.35. The van der Waals surface area contributed by atoms with Crippen LogP contribution in [-0.4, -0.2) is 79.9 Å². The third-order valence-electron chi connectivity index (χ3n) is 15.3. The fourth-order valence-electron chi connectivity index (χ4n) is 10.7. The van der Waals surface area contributed by atoms with Gasteiger partial charge in [0, 0.05) is 68.2 Å². The first-order chi connectivity index (χ1) is 48.3. The van der Waals surface area contributed by atoms with E-state index in [0.29, 0.717) is 100 Å². The third kappa shape index (κ3) is 23.3. The van der Waals surface area contributed by atoms with E-state index >= 15 is 0 Å². The molecule has 4 aromatic heterocycles. The second-order valence-electron chi connectivity index (χ2n) is 22.5. The molecule has 4 heterocycles. The molecular weight excluding hydrogens is 1350 g/mol. The molecule has 0 aliphatic rings. The second-order valence-corrected chi connectivity index (χ2v) is 24.3. The fourth-order valence-corrected chi connectivity index (χ4v) is 11.5. The van der Waals surface area contributed by atoms with E-state index in [2.05, 4.69) is 68.9 Å². The minimum Gasteiger partial charge on any atom is -0.497 e. The summed E-state index contributed by atoms with van der Waals surface area (Å²) in [6.07, 6.45) is 8.05. The van der Waals surface area contributed by atoms with Gasteiger partial charge in [0.05, 0.1) is 50.2 Å². The van der Waals surface area contributed by atoms with Crippen LogP contribution in [0.2, 0.25) is 20.1 Å². The number of ether oxygens (including phenoxy) is 4. The quantitative estimate of drug-likeness (QED) is 0.0195. The van der Waals surface area contributed by atoms with Crippen molar-refractivity contribution in [2.75, 3.05) is 79.9 Å². The van der Waals surface area contributed by atoms with E-state index in [1.165, 1.54) is 18.2 Å². The van der Waals surface area contributed by atoms with Crippen LogP contribution in [-0.2, 0) is 52.8 Å². The van der Waals surface area contributed by atoms with Gasteiger partial charge in [0.25, 0.3) is 0 Å². The highest BCUT2D eigenvalue weighted by molar-refractivity contribution is 6.32. The van der Waals surface area contributed by atoms with Crippen molar-refractivity contribution >= 4 is 99.4 Å². The first-order valence-electron chi connectivity index (χ1n) is 32.0. The summed E-state index contributed by atoms with van der Waals surface area (Å²) in [6.45, 7) is 1.69. The molecule has 100 heavy (non-hydrogen) atoms. The number of methoxy groups -OCH3 is 2. The summed E-state index contributed by atoms with van der Waals surface area (Å²) in [5.74, 6) is 3.49. The van der Waals surface area contributed by atoms with Crippen molar-refractivity contribution in [2.24, 2.45) is 0 Å². The van der Waals surface area contributed by atoms with Crippen molar-refractivity contribution in [1.29, 1.82) is 0 Å². The van der Waals surface area contributed by atoms with Gasteiger partial charge in [-0.2, -0.15) is 19.9 Å². The minimum atomic E-state index is -0.265. The first kappa shape index (κ1) is 75.2. The highest BCUT2D eigenvalue weighted by Gasteiger charge is 2.19. The average Bonchev–Trinajstić information content (AvgIpc) is 0.829. The SMILES string of the molecule is COC(=O)CCCc1nc(N)nc(N)c1-c1cccc(Cl)c1.COc1ccc(CCCc2nc(N)nc(N)c2-c2cccc(Cl)c2)cc1.Nc1nc(N)c(-c2cccc(Cl)c2)c(CCCc2ccccc2)n1.Nc1nc(N)c(-c2cccc(Cl)c2)c(CCOCCCOc2ccccc2)n1. The predicted octanol–water partition coefficient (Wildman–Crippen LogP) is 14.7. The largest absolute Gasteiger partial charge is 0.497 e. The molecule has 0 saturated carbocycles. The number of hydrogen-bond acceptors (Lipinski definition) is 21. The van der Waals surface area contributed by atoms with Gasteiger partial charge >= 0.3 is 5.97 Å². The molecule has 0 bridgehead atoms. The van der Waals surface area contributed by atoms with E-state index < -0.39 is 0 Å². The van der Waals surface area contributed by atoms with Crippen molar-refractivity contribution < 1.29 is 23.7 Å². The molecule has 0 amide bonds. The van der Waals surface area contributed by atoms with E-state index in [-0.39, 0.29) is 29.8 Å². The van der Waals surface area contributed by atoms with E-state index in [1.54, 1.807) is 25.3 Å². The number of halogens is 4. The van der Waals surface area contributed by atoms with Crippen LogP contribution in [0.3, 0.4) is 0 Å². The molecule has 11 rings (SSSR count). The molecule has 518 valence electrons. The van der Waals surface area contributed by atoms with Crippen molar-refractivity contribution in [3.63, 3.8) is 0 Å². The number of para-hydroxylation sites is 1. The van der Waals surface area contributed by atoms with E-state index in [4.69, 9.17) is 106 Å². The number of rotatable bonds is 25. The monoisotopic (exact) mass is 1420 g/mol. The number of benzene rings is 7. The number of nitrogens with zero attached hydrogens (tertiary/aromatic N) is 8. The predicted molar refractivity (Wildman–Crippen MR) is 405 cm³/mol. The molecule has 16 N–H and O–H groups in total. The number of nitrogen functional groups attached to an aromatic ring is 8. The number of esters is 1. The number of carbonyl (C=O) groups is 1. The summed E-state index contributed by atoms with van der Waals surface area (Å²) in [7, 11) is 3.02. The van der Waals surface area contributed by atoms with Gasteiger partial charge in [-0.1, -0.05) is 156 Å². The molecule has 11 aromatic rings. The van der Waals surface area contributed by atoms with Crippen LogP contribution in [0.1, 0.15) is 66.0 Å². The first-order valence-corrected chi connectivity index (χ1v) is 33.6. The molecular formula is C75H80Cl4N16O5. The topological polar surface area (TPSA) is 365 Å². The molecule has 0 fully saturated rings. The summed E-state index contributed by atoms with van der Waals surface area (Å²) in [5, 5.41) is 2.51. The number of hydrogen-bond donors (Lipinski definition) is 8. The Balaban J connectivity index is 0.000000170. The zero-order chi connectivity index (χ0) is 71.3. The number of aromatic nitrogens is 8. The second kappa shape index (κ2) is 38.6. The van der Waals surface area contributed by atoms with Gasteiger partial charge in [-0.15, -0.1) is 0 Å². The Morgan fingerprint density at radius 2 is 0.710 bits per heavy atom. The Kier molecular flexibility index (Phi) is 29.0. The van der Waals surface area contributed by atoms with Gasteiger partial charge in [0.1, 0.15) is 34.8 Å². The normalized spacial score (nSPS) is 10.7.